The molecule has 3 aromatic rings. The topological polar surface area (TPSA) is 96.0 Å². The third kappa shape index (κ3) is 8.15. The molecule has 0 saturated carbocycles. The van der Waals surface area contributed by atoms with E-state index in [4.69, 9.17) is 27.9 Å². The second-order valence-electron chi connectivity index (χ2n) is 9.79. The van der Waals surface area contributed by atoms with Crippen LogP contribution < -0.4 is 14.4 Å². The lowest BCUT2D eigenvalue weighted by Gasteiger charge is -2.32. The molecular weight excluding hydrogens is 585 g/mol. The first-order chi connectivity index (χ1) is 19.4. The van der Waals surface area contributed by atoms with Gasteiger partial charge in [0.25, 0.3) is 10.0 Å². The van der Waals surface area contributed by atoms with E-state index in [0.29, 0.717) is 17.7 Å². The molecule has 3 aromatic carbocycles. The molecule has 0 saturated heterocycles. The van der Waals surface area contributed by atoms with Gasteiger partial charge >= 0.3 is 0 Å². The Morgan fingerprint density at radius 1 is 1.00 bits per heavy atom. The molecular formula is C30H35Cl2N3O5S. The number of carbonyl (C=O) groups excluding carboxylic acids is 2. The summed E-state index contributed by atoms with van der Waals surface area (Å²) in [4.78, 5) is 28.6. The van der Waals surface area contributed by atoms with E-state index in [9.17, 15) is 18.0 Å². The molecule has 11 heteroatoms. The highest BCUT2D eigenvalue weighted by atomic mass is 35.5. The van der Waals surface area contributed by atoms with Crippen molar-refractivity contribution in [1.82, 2.24) is 10.2 Å². The van der Waals surface area contributed by atoms with Gasteiger partial charge in [0.2, 0.25) is 11.8 Å². The Bertz CT molecular complexity index is 1480. The number of anilines is 1. The van der Waals surface area contributed by atoms with Crippen LogP contribution in [0.4, 0.5) is 5.69 Å². The van der Waals surface area contributed by atoms with Crippen molar-refractivity contribution >= 4 is 50.7 Å². The van der Waals surface area contributed by atoms with E-state index < -0.39 is 28.5 Å². The van der Waals surface area contributed by atoms with Crippen molar-refractivity contribution in [2.24, 2.45) is 0 Å². The number of aryl methyl sites for hydroxylation is 1. The zero-order chi connectivity index (χ0) is 30.3. The molecule has 0 radical (unpaired) electrons. The number of rotatable bonds is 12. The smallest absolute Gasteiger partial charge is 0.264 e. The SMILES string of the molecule is CCC(C)NC(=O)C(C)N(Cc1cccc(OC)c1)C(=O)CN(c1cc(Cl)ccc1Cl)S(=O)(=O)c1ccc(C)cc1. The fourth-order valence-corrected chi connectivity index (χ4v) is 5.90. The number of amides is 2. The summed E-state index contributed by atoms with van der Waals surface area (Å²) in [6.45, 7) is 6.68. The van der Waals surface area contributed by atoms with Crippen LogP contribution in [0.15, 0.2) is 71.6 Å². The summed E-state index contributed by atoms with van der Waals surface area (Å²) in [5.74, 6) is -0.378. The zero-order valence-corrected chi connectivity index (χ0v) is 26.1. The van der Waals surface area contributed by atoms with E-state index in [-0.39, 0.29) is 39.1 Å². The lowest BCUT2D eigenvalue weighted by atomic mass is 10.1. The normalized spacial score (nSPS) is 12.8. The van der Waals surface area contributed by atoms with Gasteiger partial charge in [-0.15, -0.1) is 0 Å². The third-order valence-electron chi connectivity index (χ3n) is 6.72. The molecule has 0 aliphatic carbocycles. The van der Waals surface area contributed by atoms with E-state index >= 15 is 0 Å². The Labute approximate surface area is 252 Å². The lowest BCUT2D eigenvalue weighted by molar-refractivity contribution is -0.139. The minimum atomic E-state index is -4.27. The van der Waals surface area contributed by atoms with Crippen LogP contribution in [0.5, 0.6) is 5.75 Å². The van der Waals surface area contributed by atoms with Crippen LogP contribution in [0.2, 0.25) is 10.0 Å². The monoisotopic (exact) mass is 619 g/mol. The molecule has 0 aliphatic rings. The van der Waals surface area contributed by atoms with Crippen molar-refractivity contribution in [2.75, 3.05) is 18.0 Å². The van der Waals surface area contributed by atoms with Crippen molar-refractivity contribution in [2.45, 2.75) is 57.6 Å². The highest BCUT2D eigenvalue weighted by Crippen LogP contribution is 2.33. The fraction of sp³-hybridized carbons (Fsp3) is 0.333. The second-order valence-corrected chi connectivity index (χ2v) is 12.5. The molecule has 2 amide bonds. The number of hydrogen-bond donors (Lipinski definition) is 1. The van der Waals surface area contributed by atoms with Gasteiger partial charge in [0.1, 0.15) is 18.3 Å². The number of methoxy groups -OCH3 is 1. The van der Waals surface area contributed by atoms with Crippen LogP contribution in [-0.2, 0) is 26.2 Å². The molecule has 2 unspecified atom stereocenters. The van der Waals surface area contributed by atoms with Crippen molar-refractivity contribution in [3.63, 3.8) is 0 Å². The molecule has 0 aromatic heterocycles. The number of ether oxygens (including phenoxy) is 1. The highest BCUT2D eigenvalue weighted by molar-refractivity contribution is 7.92. The molecule has 0 spiro atoms. The molecule has 1 N–H and O–H groups in total. The fourth-order valence-electron chi connectivity index (χ4n) is 4.04. The Morgan fingerprint density at radius 2 is 1.68 bits per heavy atom. The van der Waals surface area contributed by atoms with Crippen LogP contribution in [0.1, 0.15) is 38.3 Å². The van der Waals surface area contributed by atoms with Gasteiger partial charge in [-0.05, 0) is 75.2 Å². The molecule has 3 rings (SSSR count). The standard InChI is InChI=1S/C30H35Cl2N3O5S/c1-6-21(3)33-30(37)22(4)34(18-23-8-7-9-25(16-23)40-5)29(36)19-35(28-17-24(31)12-15-27(28)32)41(38,39)26-13-10-20(2)11-14-26/h7-17,21-22H,6,18-19H2,1-5H3,(H,33,37). The van der Waals surface area contributed by atoms with Crippen LogP contribution in [0.3, 0.4) is 0 Å². The highest BCUT2D eigenvalue weighted by Gasteiger charge is 2.33. The predicted molar refractivity (Wildman–Crippen MR) is 163 cm³/mol. The van der Waals surface area contributed by atoms with Crippen molar-refractivity contribution in [1.29, 1.82) is 0 Å². The number of carbonyl (C=O) groups is 2. The van der Waals surface area contributed by atoms with E-state index in [1.54, 1.807) is 43.3 Å². The lowest BCUT2D eigenvalue weighted by Crippen LogP contribution is -2.52. The molecule has 0 aliphatic heterocycles. The van der Waals surface area contributed by atoms with Gasteiger partial charge in [0.05, 0.1) is 22.7 Å². The van der Waals surface area contributed by atoms with E-state index in [0.717, 1.165) is 9.87 Å². The van der Waals surface area contributed by atoms with E-state index in [2.05, 4.69) is 5.32 Å². The van der Waals surface area contributed by atoms with Gasteiger partial charge in [-0.1, -0.05) is 60.0 Å². The molecule has 220 valence electrons. The predicted octanol–water partition coefficient (Wildman–Crippen LogP) is 5.84. The van der Waals surface area contributed by atoms with Crippen LogP contribution >= 0.6 is 23.2 Å². The zero-order valence-electron chi connectivity index (χ0n) is 23.7. The Balaban J connectivity index is 2.08. The summed E-state index contributed by atoms with van der Waals surface area (Å²) in [7, 11) is -2.73. The largest absolute Gasteiger partial charge is 0.497 e. The number of benzene rings is 3. The number of sulfonamides is 1. The van der Waals surface area contributed by atoms with E-state index in [1.165, 1.54) is 42.3 Å². The maximum atomic E-state index is 14.0. The summed E-state index contributed by atoms with van der Waals surface area (Å²) in [6.07, 6.45) is 0.706. The van der Waals surface area contributed by atoms with Crippen LogP contribution in [0.25, 0.3) is 0 Å². The molecule has 0 fully saturated rings. The molecule has 0 heterocycles. The van der Waals surface area contributed by atoms with Gasteiger partial charge in [-0.3, -0.25) is 13.9 Å². The molecule has 2 atom stereocenters. The maximum absolute atomic E-state index is 14.0. The quantitative estimate of drug-likeness (QED) is 0.275. The average Bonchev–Trinajstić information content (AvgIpc) is 2.95. The number of nitrogens with one attached hydrogen (secondary N) is 1. The van der Waals surface area contributed by atoms with Gasteiger partial charge in [-0.2, -0.15) is 0 Å². The average molecular weight is 621 g/mol. The minimum Gasteiger partial charge on any atom is -0.497 e. The summed E-state index contributed by atoms with van der Waals surface area (Å²) >= 11 is 12.7. The van der Waals surface area contributed by atoms with Crippen molar-refractivity contribution < 1.29 is 22.7 Å². The summed E-state index contributed by atoms with van der Waals surface area (Å²) in [5, 5.41) is 3.25. The number of hydrogen-bond acceptors (Lipinski definition) is 5. The first-order valence-corrected chi connectivity index (χ1v) is 15.3. The maximum Gasteiger partial charge on any atom is 0.264 e. The Morgan fingerprint density at radius 3 is 2.32 bits per heavy atom. The molecule has 41 heavy (non-hydrogen) atoms. The number of nitrogens with zero attached hydrogens (tertiary/aromatic N) is 2. The van der Waals surface area contributed by atoms with Gasteiger partial charge in [0.15, 0.2) is 0 Å². The van der Waals surface area contributed by atoms with Crippen LogP contribution in [0, 0.1) is 6.92 Å². The van der Waals surface area contributed by atoms with Crippen molar-refractivity contribution in [3.8, 4) is 5.75 Å². The Hall–Kier alpha value is -3.27. The minimum absolute atomic E-state index is 0.0196. The summed E-state index contributed by atoms with van der Waals surface area (Å²) in [6, 6.07) is 16.8. The molecule has 0 bridgehead atoms. The van der Waals surface area contributed by atoms with E-state index in [1.807, 2.05) is 20.8 Å². The second kappa shape index (κ2) is 14.1. The summed E-state index contributed by atoms with van der Waals surface area (Å²) in [5.41, 5.74) is 1.62. The van der Waals surface area contributed by atoms with Gasteiger partial charge in [-0.25, -0.2) is 8.42 Å². The summed E-state index contributed by atoms with van der Waals surface area (Å²) < 4.78 is 34.2. The first kappa shape index (κ1) is 32.2. The Kier molecular flexibility index (Phi) is 11.1. The van der Waals surface area contributed by atoms with Gasteiger partial charge in [0, 0.05) is 17.6 Å². The first-order valence-electron chi connectivity index (χ1n) is 13.1. The van der Waals surface area contributed by atoms with Crippen LogP contribution in [-0.4, -0.2) is 50.9 Å². The number of halogens is 2. The third-order valence-corrected chi connectivity index (χ3v) is 9.05. The van der Waals surface area contributed by atoms with Crippen molar-refractivity contribution in [3.05, 3.63) is 87.9 Å². The molecule has 8 nitrogen and oxygen atoms in total. The van der Waals surface area contributed by atoms with Gasteiger partial charge < -0.3 is 15.0 Å².